The van der Waals surface area contributed by atoms with Gasteiger partial charge < -0.3 is 4.74 Å². The van der Waals surface area contributed by atoms with Gasteiger partial charge in [0.15, 0.2) is 0 Å². The van der Waals surface area contributed by atoms with E-state index in [9.17, 15) is 4.79 Å². The zero-order valence-electron chi connectivity index (χ0n) is 10.4. The molecular formula is C13H18O2S2. The monoisotopic (exact) mass is 270 g/mol. The van der Waals surface area contributed by atoms with Gasteiger partial charge in [0, 0.05) is 0 Å². The van der Waals surface area contributed by atoms with Crippen molar-refractivity contribution in [2.45, 2.75) is 19.1 Å². The van der Waals surface area contributed by atoms with E-state index in [4.69, 9.17) is 4.74 Å². The second-order valence-electron chi connectivity index (χ2n) is 3.36. The Balaban J connectivity index is 2.84. The average molecular weight is 270 g/mol. The molecule has 4 heteroatoms. The number of rotatable bonds is 6. The summed E-state index contributed by atoms with van der Waals surface area (Å²) in [6, 6.07) is 7.76. The van der Waals surface area contributed by atoms with Crippen LogP contribution < -0.4 is 4.74 Å². The van der Waals surface area contributed by atoms with Gasteiger partial charge in [0.1, 0.15) is 5.75 Å². The molecular weight excluding hydrogens is 252 g/mol. The maximum absolute atomic E-state index is 12.0. The molecule has 0 amide bonds. The van der Waals surface area contributed by atoms with Crippen LogP contribution >= 0.6 is 23.5 Å². The normalized spacial score (nSPS) is 12.2. The highest BCUT2D eigenvalue weighted by atomic mass is 32.2. The molecule has 1 unspecified atom stereocenters. The first-order valence-electron chi connectivity index (χ1n) is 5.65. The average Bonchev–Trinajstić information content (AvgIpc) is 2.36. The van der Waals surface area contributed by atoms with Crippen LogP contribution in [0.5, 0.6) is 5.75 Å². The molecule has 1 rings (SSSR count). The Bertz CT molecular complexity index is 349. The standard InChI is InChI=1S/C13H18O2S2/c1-4-16-12(13(14)17-5-2)10-6-8-11(15-3)9-7-10/h6-9,12H,4-5H2,1-3H3. The van der Waals surface area contributed by atoms with Gasteiger partial charge in [0.2, 0.25) is 5.12 Å². The van der Waals surface area contributed by atoms with E-state index in [-0.39, 0.29) is 10.4 Å². The first-order valence-corrected chi connectivity index (χ1v) is 7.68. The number of carbonyl (C=O) groups is 1. The molecule has 0 aliphatic rings. The zero-order chi connectivity index (χ0) is 12.7. The second kappa shape index (κ2) is 7.67. The number of ether oxygens (including phenoxy) is 1. The largest absolute Gasteiger partial charge is 0.497 e. The fourth-order valence-corrected chi connectivity index (χ4v) is 3.26. The molecule has 1 atom stereocenters. The molecule has 1 aromatic rings. The van der Waals surface area contributed by atoms with E-state index in [0.29, 0.717) is 0 Å². The van der Waals surface area contributed by atoms with Crippen molar-refractivity contribution in [3.8, 4) is 5.75 Å². The Kier molecular flexibility index (Phi) is 6.52. The minimum absolute atomic E-state index is 0.0594. The highest BCUT2D eigenvalue weighted by Gasteiger charge is 2.20. The van der Waals surface area contributed by atoms with Crippen LogP contribution in [0.2, 0.25) is 0 Å². The fraction of sp³-hybridized carbons (Fsp3) is 0.462. The van der Waals surface area contributed by atoms with Crippen LogP contribution in [0, 0.1) is 0 Å². The molecule has 0 radical (unpaired) electrons. The van der Waals surface area contributed by atoms with Crippen molar-refractivity contribution in [1.82, 2.24) is 0 Å². The molecule has 17 heavy (non-hydrogen) atoms. The van der Waals surface area contributed by atoms with Crippen LogP contribution in [0.3, 0.4) is 0 Å². The summed E-state index contributed by atoms with van der Waals surface area (Å²) >= 11 is 3.07. The summed E-state index contributed by atoms with van der Waals surface area (Å²) in [5, 5.41) is 0.181. The maximum atomic E-state index is 12.0. The molecule has 0 N–H and O–H groups in total. The molecule has 94 valence electrons. The van der Waals surface area contributed by atoms with Gasteiger partial charge in [-0.2, -0.15) is 0 Å². The van der Waals surface area contributed by atoms with Crippen LogP contribution in [0.25, 0.3) is 0 Å². The lowest BCUT2D eigenvalue weighted by Gasteiger charge is -2.14. The summed E-state index contributed by atoms with van der Waals surface area (Å²) < 4.78 is 5.12. The molecule has 2 nitrogen and oxygen atoms in total. The maximum Gasteiger partial charge on any atom is 0.206 e. The van der Waals surface area contributed by atoms with Gasteiger partial charge in [-0.05, 0) is 29.2 Å². The zero-order valence-corrected chi connectivity index (χ0v) is 12.1. The summed E-state index contributed by atoms with van der Waals surface area (Å²) in [6.07, 6.45) is 0. The molecule has 1 aromatic carbocycles. The van der Waals surface area contributed by atoms with E-state index in [2.05, 4.69) is 6.92 Å². The number of hydrogen-bond donors (Lipinski definition) is 0. The third kappa shape index (κ3) is 4.28. The topological polar surface area (TPSA) is 26.3 Å². The summed E-state index contributed by atoms with van der Waals surface area (Å²) in [6.45, 7) is 4.08. The number of methoxy groups -OCH3 is 1. The van der Waals surface area contributed by atoms with E-state index in [1.807, 2.05) is 31.2 Å². The van der Waals surface area contributed by atoms with Crippen LogP contribution in [0.1, 0.15) is 24.7 Å². The van der Waals surface area contributed by atoms with E-state index >= 15 is 0 Å². The Morgan fingerprint density at radius 1 is 1.24 bits per heavy atom. The first kappa shape index (κ1) is 14.5. The predicted molar refractivity (Wildman–Crippen MR) is 77.0 cm³/mol. The van der Waals surface area contributed by atoms with Crippen molar-refractivity contribution in [2.75, 3.05) is 18.6 Å². The summed E-state index contributed by atoms with van der Waals surface area (Å²) in [5.41, 5.74) is 1.06. The van der Waals surface area contributed by atoms with E-state index in [1.165, 1.54) is 11.8 Å². The second-order valence-corrected chi connectivity index (χ2v) is 6.01. The quantitative estimate of drug-likeness (QED) is 0.786. The third-order valence-electron chi connectivity index (χ3n) is 2.25. The Morgan fingerprint density at radius 3 is 2.35 bits per heavy atom. The van der Waals surface area contributed by atoms with Crippen molar-refractivity contribution in [2.24, 2.45) is 0 Å². The molecule has 0 fully saturated rings. The van der Waals surface area contributed by atoms with Gasteiger partial charge in [-0.3, -0.25) is 4.79 Å². The number of hydrogen-bond acceptors (Lipinski definition) is 4. The molecule has 0 aromatic heterocycles. The van der Waals surface area contributed by atoms with E-state index in [1.54, 1.807) is 18.9 Å². The molecule has 0 heterocycles. The lowest BCUT2D eigenvalue weighted by molar-refractivity contribution is -0.110. The minimum atomic E-state index is -0.0594. The Labute approximate surface area is 112 Å². The Morgan fingerprint density at radius 2 is 1.88 bits per heavy atom. The van der Waals surface area contributed by atoms with Gasteiger partial charge in [-0.15, -0.1) is 11.8 Å². The van der Waals surface area contributed by atoms with Crippen LogP contribution in [0.15, 0.2) is 24.3 Å². The minimum Gasteiger partial charge on any atom is -0.497 e. The van der Waals surface area contributed by atoms with E-state index in [0.717, 1.165) is 22.8 Å². The van der Waals surface area contributed by atoms with Crippen molar-refractivity contribution in [3.63, 3.8) is 0 Å². The summed E-state index contributed by atoms with van der Waals surface area (Å²) in [4.78, 5) is 12.0. The van der Waals surface area contributed by atoms with Crippen molar-refractivity contribution in [1.29, 1.82) is 0 Å². The van der Waals surface area contributed by atoms with Gasteiger partial charge in [0.25, 0.3) is 0 Å². The molecule has 0 spiro atoms. The molecule has 0 aliphatic heterocycles. The van der Waals surface area contributed by atoms with Crippen molar-refractivity contribution < 1.29 is 9.53 Å². The van der Waals surface area contributed by atoms with Gasteiger partial charge in [-0.25, -0.2) is 0 Å². The van der Waals surface area contributed by atoms with E-state index < -0.39 is 0 Å². The summed E-state index contributed by atoms with van der Waals surface area (Å²) in [7, 11) is 1.64. The smallest absolute Gasteiger partial charge is 0.206 e. The predicted octanol–water partition coefficient (Wildman–Crippen LogP) is 3.77. The molecule has 0 aliphatic carbocycles. The molecule has 0 saturated carbocycles. The lowest BCUT2D eigenvalue weighted by atomic mass is 10.1. The van der Waals surface area contributed by atoms with Crippen LogP contribution in [-0.4, -0.2) is 23.7 Å². The fourth-order valence-electron chi connectivity index (χ4n) is 1.46. The van der Waals surface area contributed by atoms with Gasteiger partial charge >= 0.3 is 0 Å². The lowest BCUT2D eigenvalue weighted by Crippen LogP contribution is -2.06. The number of thioether (sulfide) groups is 2. The SMILES string of the molecule is CCSC(=O)C(SCC)c1ccc(OC)cc1. The van der Waals surface area contributed by atoms with Crippen molar-refractivity contribution in [3.05, 3.63) is 29.8 Å². The first-order chi connectivity index (χ1) is 8.22. The summed E-state index contributed by atoms with van der Waals surface area (Å²) in [5.74, 6) is 2.59. The highest BCUT2D eigenvalue weighted by molar-refractivity contribution is 8.15. The van der Waals surface area contributed by atoms with Gasteiger partial charge in [-0.1, -0.05) is 37.7 Å². The molecule has 0 bridgehead atoms. The van der Waals surface area contributed by atoms with Crippen LogP contribution in [0.4, 0.5) is 0 Å². The third-order valence-corrected chi connectivity index (χ3v) is 4.36. The Hall–Kier alpha value is -0.610. The molecule has 0 saturated heterocycles. The number of carbonyl (C=O) groups excluding carboxylic acids is 1. The van der Waals surface area contributed by atoms with Crippen LogP contribution in [-0.2, 0) is 4.79 Å². The van der Waals surface area contributed by atoms with Gasteiger partial charge in [0.05, 0.1) is 12.4 Å². The highest BCUT2D eigenvalue weighted by Crippen LogP contribution is 2.34. The van der Waals surface area contributed by atoms with Crippen molar-refractivity contribution >= 4 is 28.6 Å². The number of benzene rings is 1.